The molecule has 1 heterocycles. The first-order chi connectivity index (χ1) is 15.8. The van der Waals surface area contributed by atoms with Gasteiger partial charge in [0.05, 0.1) is 29.2 Å². The van der Waals surface area contributed by atoms with E-state index in [-0.39, 0.29) is 42.6 Å². The Balaban J connectivity index is 1.80. The number of nitro groups is 1. The second kappa shape index (κ2) is 10.6. The fourth-order valence-electron chi connectivity index (χ4n) is 3.45. The molecule has 1 fully saturated rings. The molecule has 1 aliphatic rings. The van der Waals surface area contributed by atoms with Gasteiger partial charge < -0.3 is 14.7 Å². The van der Waals surface area contributed by atoms with E-state index >= 15 is 0 Å². The van der Waals surface area contributed by atoms with Gasteiger partial charge in [-0.1, -0.05) is 0 Å². The van der Waals surface area contributed by atoms with E-state index < -0.39 is 20.6 Å². The quantitative estimate of drug-likeness (QED) is 0.319. The van der Waals surface area contributed by atoms with Crippen molar-refractivity contribution in [2.45, 2.75) is 18.7 Å². The van der Waals surface area contributed by atoms with Gasteiger partial charge in [0.1, 0.15) is 11.4 Å². The van der Waals surface area contributed by atoms with Crippen molar-refractivity contribution in [2.24, 2.45) is 5.10 Å². The molecule has 0 aliphatic carbocycles. The zero-order valence-electron chi connectivity index (χ0n) is 18.5. The summed E-state index contributed by atoms with van der Waals surface area (Å²) in [6.07, 6.45) is 1.34. The Kier molecular flexibility index (Phi) is 7.84. The number of nitrogens with one attached hydrogen (secondary N) is 1. The maximum atomic E-state index is 12.8. The highest BCUT2D eigenvalue weighted by Gasteiger charge is 2.28. The predicted octanol–water partition coefficient (Wildman–Crippen LogP) is 2.61. The monoisotopic (exact) mass is 477 g/mol. The topological polar surface area (TPSA) is 138 Å². The van der Waals surface area contributed by atoms with E-state index in [0.717, 1.165) is 24.8 Å². The van der Waals surface area contributed by atoms with Crippen LogP contribution in [0.2, 0.25) is 0 Å². The number of hydrazone groups is 1. The van der Waals surface area contributed by atoms with Gasteiger partial charge in [0.15, 0.2) is 0 Å². The highest BCUT2D eigenvalue weighted by molar-refractivity contribution is 7.89. The molecule has 2 N–H and O–H groups in total. The van der Waals surface area contributed by atoms with Crippen molar-refractivity contribution in [2.75, 3.05) is 49.7 Å². The lowest BCUT2D eigenvalue weighted by molar-refractivity contribution is -0.384. The Hall–Kier alpha value is -3.22. The van der Waals surface area contributed by atoms with Crippen LogP contribution < -0.4 is 10.3 Å². The summed E-state index contributed by atoms with van der Waals surface area (Å²) in [6.45, 7) is 6.57. The predicted molar refractivity (Wildman–Crippen MR) is 126 cm³/mol. The van der Waals surface area contributed by atoms with Gasteiger partial charge >= 0.3 is 0 Å². The molecular formula is C21H27N5O6S. The number of hydrogen-bond donors (Lipinski definition) is 2. The number of anilines is 2. The van der Waals surface area contributed by atoms with Crippen molar-refractivity contribution in [3.63, 3.8) is 0 Å². The summed E-state index contributed by atoms with van der Waals surface area (Å²) in [7, 11) is -3.87. The SMILES string of the molecule is CCN(CC)c1ccc(C=NNc2ccc(S(=O)(=O)N3CCOCC3)cc2[N+](=O)[O-])c(O)c1. The molecule has 0 spiro atoms. The van der Waals surface area contributed by atoms with Gasteiger partial charge in [0.2, 0.25) is 10.0 Å². The second-order valence-electron chi connectivity index (χ2n) is 7.24. The third kappa shape index (κ3) is 5.59. The first-order valence-corrected chi connectivity index (χ1v) is 11.9. The molecule has 178 valence electrons. The minimum Gasteiger partial charge on any atom is -0.507 e. The van der Waals surface area contributed by atoms with Gasteiger partial charge in [0, 0.05) is 49.6 Å². The summed E-state index contributed by atoms with van der Waals surface area (Å²) in [6, 6.07) is 8.78. The molecule has 0 saturated carbocycles. The number of morpholine rings is 1. The first-order valence-electron chi connectivity index (χ1n) is 10.5. The first kappa shape index (κ1) is 24.4. The van der Waals surface area contributed by atoms with Crippen LogP contribution in [0.25, 0.3) is 0 Å². The fraction of sp³-hybridized carbons (Fsp3) is 0.381. The van der Waals surface area contributed by atoms with Gasteiger partial charge in [-0.2, -0.15) is 9.41 Å². The van der Waals surface area contributed by atoms with Crippen molar-refractivity contribution < 1.29 is 23.2 Å². The Morgan fingerprint density at radius 1 is 1.21 bits per heavy atom. The largest absolute Gasteiger partial charge is 0.507 e. The molecule has 0 aromatic heterocycles. The van der Waals surface area contributed by atoms with Crippen LogP contribution in [0.3, 0.4) is 0 Å². The molecule has 3 rings (SSSR count). The zero-order valence-corrected chi connectivity index (χ0v) is 19.3. The normalized spacial score (nSPS) is 15.0. The van der Waals surface area contributed by atoms with Crippen molar-refractivity contribution in [3.05, 3.63) is 52.1 Å². The second-order valence-corrected chi connectivity index (χ2v) is 9.18. The maximum absolute atomic E-state index is 12.8. The molecule has 1 aliphatic heterocycles. The highest BCUT2D eigenvalue weighted by Crippen LogP contribution is 2.29. The van der Waals surface area contributed by atoms with Crippen LogP contribution >= 0.6 is 0 Å². The number of sulfonamides is 1. The molecule has 2 aromatic carbocycles. The lowest BCUT2D eigenvalue weighted by Crippen LogP contribution is -2.40. The minimum atomic E-state index is -3.87. The lowest BCUT2D eigenvalue weighted by Gasteiger charge is -2.26. The van der Waals surface area contributed by atoms with Crippen molar-refractivity contribution in [3.8, 4) is 5.75 Å². The van der Waals surface area contributed by atoms with Gasteiger partial charge in [-0.05, 0) is 38.1 Å². The molecule has 0 bridgehead atoms. The van der Waals surface area contributed by atoms with Crippen LogP contribution in [0.1, 0.15) is 19.4 Å². The van der Waals surface area contributed by atoms with E-state index in [1.807, 2.05) is 19.9 Å². The average Bonchev–Trinajstić information content (AvgIpc) is 2.81. The molecular weight excluding hydrogens is 450 g/mol. The number of hydrogen-bond acceptors (Lipinski definition) is 9. The summed E-state index contributed by atoms with van der Waals surface area (Å²) in [5.74, 6) is 0.0198. The molecule has 0 radical (unpaired) electrons. The van der Waals surface area contributed by atoms with Crippen LogP contribution in [0.4, 0.5) is 17.1 Å². The standard InChI is InChI=1S/C21H27N5O6S/c1-3-24(4-2)17-6-5-16(21(27)13-17)15-22-23-19-8-7-18(14-20(19)26(28)29)33(30,31)25-9-11-32-12-10-25/h5-8,13-15,23,27H,3-4,9-12H2,1-2H3. The number of benzene rings is 2. The Morgan fingerprint density at radius 3 is 2.52 bits per heavy atom. The number of nitrogens with zero attached hydrogens (tertiary/aromatic N) is 4. The average molecular weight is 478 g/mol. The van der Waals surface area contributed by atoms with Gasteiger partial charge in [0.25, 0.3) is 5.69 Å². The Morgan fingerprint density at radius 2 is 1.91 bits per heavy atom. The number of rotatable bonds is 9. The lowest BCUT2D eigenvalue weighted by atomic mass is 10.2. The summed E-state index contributed by atoms with van der Waals surface area (Å²) in [4.78, 5) is 12.8. The van der Waals surface area contributed by atoms with Gasteiger partial charge in [-0.25, -0.2) is 8.42 Å². The molecule has 33 heavy (non-hydrogen) atoms. The molecule has 1 saturated heterocycles. The van der Waals surface area contributed by atoms with E-state index in [1.165, 1.54) is 22.7 Å². The Bertz CT molecular complexity index is 1130. The van der Waals surface area contributed by atoms with E-state index in [9.17, 15) is 23.6 Å². The van der Waals surface area contributed by atoms with Crippen molar-refractivity contribution in [1.29, 1.82) is 0 Å². The van der Waals surface area contributed by atoms with Gasteiger partial charge in [-0.3, -0.25) is 15.5 Å². The number of phenols is 1. The third-order valence-corrected chi connectivity index (χ3v) is 7.20. The number of phenolic OH excluding ortho intramolecular Hbond substituents is 1. The molecule has 11 nitrogen and oxygen atoms in total. The van der Waals surface area contributed by atoms with Crippen LogP contribution in [-0.2, 0) is 14.8 Å². The molecule has 0 atom stereocenters. The number of nitro benzene ring substituents is 1. The van der Waals surface area contributed by atoms with Crippen LogP contribution in [0.15, 0.2) is 46.4 Å². The number of ether oxygens (including phenoxy) is 1. The fourth-order valence-corrected chi connectivity index (χ4v) is 4.88. The summed E-state index contributed by atoms with van der Waals surface area (Å²) in [5, 5.41) is 25.8. The van der Waals surface area contributed by atoms with Crippen LogP contribution in [-0.4, -0.2) is 68.4 Å². The van der Waals surface area contributed by atoms with Crippen LogP contribution in [0.5, 0.6) is 5.75 Å². The molecule has 12 heteroatoms. The third-order valence-electron chi connectivity index (χ3n) is 5.30. The van der Waals surface area contributed by atoms with E-state index in [0.29, 0.717) is 5.56 Å². The zero-order chi connectivity index (χ0) is 24.0. The van der Waals surface area contributed by atoms with E-state index in [1.54, 1.807) is 12.1 Å². The van der Waals surface area contributed by atoms with Crippen LogP contribution in [0, 0.1) is 10.1 Å². The van der Waals surface area contributed by atoms with Crippen molar-refractivity contribution in [1.82, 2.24) is 4.31 Å². The van der Waals surface area contributed by atoms with Crippen molar-refractivity contribution >= 4 is 33.3 Å². The Labute approximate surface area is 192 Å². The van der Waals surface area contributed by atoms with E-state index in [2.05, 4.69) is 15.4 Å². The highest BCUT2D eigenvalue weighted by atomic mass is 32.2. The molecule has 0 amide bonds. The molecule has 0 unspecified atom stereocenters. The van der Waals surface area contributed by atoms with Gasteiger partial charge in [-0.15, -0.1) is 0 Å². The minimum absolute atomic E-state index is 0.0198. The maximum Gasteiger partial charge on any atom is 0.295 e. The number of aromatic hydroxyl groups is 1. The van der Waals surface area contributed by atoms with E-state index in [4.69, 9.17) is 4.74 Å². The summed E-state index contributed by atoms with van der Waals surface area (Å²) < 4.78 is 32.0. The molecule has 2 aromatic rings. The summed E-state index contributed by atoms with van der Waals surface area (Å²) in [5.41, 5.74) is 3.46. The summed E-state index contributed by atoms with van der Waals surface area (Å²) >= 11 is 0. The smallest absolute Gasteiger partial charge is 0.295 e.